The summed E-state index contributed by atoms with van der Waals surface area (Å²) in [5, 5.41) is 21.4. The Morgan fingerprint density at radius 2 is 1.10 bits per heavy atom. The highest BCUT2D eigenvalue weighted by Crippen LogP contribution is 2.26. The van der Waals surface area contributed by atoms with Gasteiger partial charge in [0.05, 0.1) is 12.4 Å². The van der Waals surface area contributed by atoms with E-state index >= 15 is 0 Å². The molecule has 9 rings (SSSR count). The van der Waals surface area contributed by atoms with Gasteiger partial charge in [-0.25, -0.2) is 9.97 Å². The summed E-state index contributed by atoms with van der Waals surface area (Å²) in [5.74, 6) is 3.57. The topological polar surface area (TPSA) is 123 Å². The lowest BCUT2D eigenvalue weighted by molar-refractivity contribution is 0.0746. The van der Waals surface area contributed by atoms with Crippen molar-refractivity contribution in [3.63, 3.8) is 0 Å². The number of nitrogens with one attached hydrogen (secondary N) is 3. The van der Waals surface area contributed by atoms with Crippen molar-refractivity contribution < 1.29 is 4.79 Å². The number of aromatic nitrogens is 6. The van der Waals surface area contributed by atoms with Gasteiger partial charge in [0.2, 0.25) is 0 Å². The van der Waals surface area contributed by atoms with Crippen LogP contribution in [0.2, 0.25) is 20.1 Å². The van der Waals surface area contributed by atoms with E-state index in [4.69, 9.17) is 56.4 Å². The van der Waals surface area contributed by atoms with Crippen molar-refractivity contribution in [1.82, 2.24) is 39.4 Å². The van der Waals surface area contributed by atoms with Crippen molar-refractivity contribution in [2.24, 2.45) is 0 Å². The van der Waals surface area contributed by atoms with E-state index in [0.29, 0.717) is 59.4 Å². The number of halogens is 4. The first-order valence-corrected chi connectivity index (χ1v) is 20.4. The van der Waals surface area contributed by atoms with Gasteiger partial charge in [0.1, 0.15) is 23.3 Å². The minimum Gasteiger partial charge on any atom is -0.366 e. The van der Waals surface area contributed by atoms with Gasteiger partial charge in [0, 0.05) is 115 Å². The van der Waals surface area contributed by atoms with Crippen molar-refractivity contribution in [1.29, 1.82) is 0 Å². The Kier molecular flexibility index (Phi) is 12.3. The molecule has 0 atom stereocenters. The molecule has 298 valence electrons. The summed E-state index contributed by atoms with van der Waals surface area (Å²) in [5.41, 5.74) is 4.21. The first-order valence-electron chi connectivity index (χ1n) is 18.9. The first-order chi connectivity index (χ1) is 28.3. The van der Waals surface area contributed by atoms with Gasteiger partial charge in [-0.1, -0.05) is 76.7 Å². The van der Waals surface area contributed by atoms with E-state index < -0.39 is 0 Å². The molecule has 58 heavy (non-hydrogen) atoms. The molecule has 13 nitrogen and oxygen atoms in total. The molecule has 0 radical (unpaired) electrons. The zero-order chi connectivity index (χ0) is 40.0. The van der Waals surface area contributed by atoms with Gasteiger partial charge in [0.25, 0.3) is 5.91 Å². The van der Waals surface area contributed by atoms with Crippen LogP contribution in [-0.4, -0.2) is 92.4 Å². The van der Waals surface area contributed by atoms with Crippen LogP contribution in [-0.2, 0) is 13.1 Å². The third kappa shape index (κ3) is 9.19. The largest absolute Gasteiger partial charge is 0.366 e. The third-order valence-corrected chi connectivity index (χ3v) is 11.2. The van der Waals surface area contributed by atoms with Gasteiger partial charge in [-0.3, -0.25) is 4.79 Å². The van der Waals surface area contributed by atoms with Crippen molar-refractivity contribution in [3.05, 3.63) is 140 Å². The molecule has 2 aliphatic heterocycles. The van der Waals surface area contributed by atoms with Crippen molar-refractivity contribution in [3.8, 4) is 0 Å². The fourth-order valence-electron chi connectivity index (χ4n) is 6.87. The summed E-state index contributed by atoms with van der Waals surface area (Å²) in [6, 6.07) is 28.2. The number of anilines is 4. The number of benzene rings is 3. The zero-order valence-corrected chi connectivity index (χ0v) is 34.4. The molecule has 2 saturated heterocycles. The minimum absolute atomic E-state index is 0.0663. The monoisotopic (exact) mass is 856 g/mol. The molecule has 0 aliphatic carbocycles. The van der Waals surface area contributed by atoms with Crippen molar-refractivity contribution in [2.75, 3.05) is 72.8 Å². The van der Waals surface area contributed by atoms with Gasteiger partial charge in [-0.05, 0) is 47.5 Å². The highest BCUT2D eigenvalue weighted by molar-refractivity contribution is 6.35. The number of rotatable bonds is 9. The Labute approximate surface area is 355 Å². The summed E-state index contributed by atoms with van der Waals surface area (Å²) in [7, 11) is 0. The Balaban J connectivity index is 0.000000168. The maximum absolute atomic E-state index is 12.8. The number of hydrogen-bond acceptors (Lipinski definition) is 10. The van der Waals surface area contributed by atoms with Gasteiger partial charge in [-0.15, -0.1) is 0 Å². The second kappa shape index (κ2) is 18.1. The van der Waals surface area contributed by atoms with Gasteiger partial charge >= 0.3 is 0 Å². The van der Waals surface area contributed by atoms with Crippen LogP contribution in [0.1, 0.15) is 21.5 Å². The predicted octanol–water partition coefficient (Wildman–Crippen LogP) is 7.67. The van der Waals surface area contributed by atoms with Crippen LogP contribution in [0.3, 0.4) is 0 Å². The van der Waals surface area contributed by atoms with E-state index in [2.05, 4.69) is 35.9 Å². The van der Waals surface area contributed by atoms with Crippen LogP contribution >= 0.6 is 46.4 Å². The average Bonchev–Trinajstić information content (AvgIpc) is 3.94. The van der Waals surface area contributed by atoms with Crippen LogP contribution in [0.4, 0.5) is 23.3 Å². The van der Waals surface area contributed by atoms with Crippen molar-refractivity contribution >= 4 is 86.9 Å². The minimum atomic E-state index is 0.0663. The summed E-state index contributed by atoms with van der Waals surface area (Å²) < 4.78 is 3.57. The van der Waals surface area contributed by atoms with Gasteiger partial charge < -0.3 is 30.7 Å². The lowest BCUT2D eigenvalue weighted by atomic mass is 10.2. The highest BCUT2D eigenvalue weighted by atomic mass is 35.5. The maximum Gasteiger partial charge on any atom is 0.253 e. The maximum atomic E-state index is 12.8. The van der Waals surface area contributed by atoms with Gasteiger partial charge in [0.15, 0.2) is 11.3 Å². The summed E-state index contributed by atoms with van der Waals surface area (Å²) in [4.78, 5) is 28.6. The molecular formula is C41H40Cl4N12O. The molecule has 0 unspecified atom stereocenters. The quantitative estimate of drug-likeness (QED) is 0.133. The molecule has 7 aromatic rings. The van der Waals surface area contributed by atoms with E-state index in [1.165, 1.54) is 0 Å². The van der Waals surface area contributed by atoms with E-state index in [-0.39, 0.29) is 5.91 Å². The SMILES string of the molecule is Clc1ccc(CNc2cc(N3CCNCC3)nc3ccnn23)c(Cl)c1.O=C(c1ccccc1)N1CCN(c2cc(NCc3ccc(Cl)cc3Cl)n3nccc3n2)CC1. The summed E-state index contributed by atoms with van der Waals surface area (Å²) >= 11 is 24.6. The lowest BCUT2D eigenvalue weighted by Gasteiger charge is -2.35. The molecule has 4 aromatic heterocycles. The molecule has 2 fully saturated rings. The van der Waals surface area contributed by atoms with Crippen LogP contribution in [0.25, 0.3) is 11.3 Å². The van der Waals surface area contributed by atoms with E-state index in [1.54, 1.807) is 33.6 Å². The van der Waals surface area contributed by atoms with Crippen LogP contribution in [0.5, 0.6) is 0 Å². The lowest BCUT2D eigenvalue weighted by Crippen LogP contribution is -2.49. The normalized spacial score (nSPS) is 14.4. The molecular weight excluding hydrogens is 818 g/mol. The van der Waals surface area contributed by atoms with E-state index in [9.17, 15) is 4.79 Å². The number of nitrogens with zero attached hydrogens (tertiary/aromatic N) is 9. The molecule has 6 heterocycles. The van der Waals surface area contributed by atoms with Crippen LogP contribution < -0.4 is 25.8 Å². The summed E-state index contributed by atoms with van der Waals surface area (Å²) in [6.07, 6.45) is 3.48. The molecule has 0 spiro atoms. The number of hydrogen-bond donors (Lipinski definition) is 3. The fraction of sp³-hybridized carbons (Fsp3) is 0.244. The van der Waals surface area contributed by atoms with Crippen LogP contribution in [0, 0.1) is 0 Å². The zero-order valence-electron chi connectivity index (χ0n) is 31.3. The first kappa shape index (κ1) is 39.5. The predicted molar refractivity (Wildman–Crippen MR) is 233 cm³/mol. The Morgan fingerprint density at radius 3 is 1.60 bits per heavy atom. The highest BCUT2D eigenvalue weighted by Gasteiger charge is 2.24. The molecule has 3 aromatic carbocycles. The Bertz CT molecular complexity index is 2520. The average molecular weight is 859 g/mol. The molecule has 2 aliphatic rings. The van der Waals surface area contributed by atoms with Crippen LogP contribution in [0.15, 0.2) is 103 Å². The Morgan fingerprint density at radius 1 is 0.603 bits per heavy atom. The second-order valence-corrected chi connectivity index (χ2v) is 15.4. The van der Waals surface area contributed by atoms with E-state index in [1.807, 2.05) is 83.8 Å². The molecule has 3 N–H and O–H groups in total. The summed E-state index contributed by atoms with van der Waals surface area (Å²) in [6.45, 7) is 7.62. The number of fused-ring (bicyclic) bond motifs is 2. The number of amides is 1. The fourth-order valence-corrected chi connectivity index (χ4v) is 7.82. The van der Waals surface area contributed by atoms with E-state index in [0.717, 1.165) is 77.4 Å². The van der Waals surface area contributed by atoms with Gasteiger partial charge in [-0.2, -0.15) is 19.2 Å². The molecule has 17 heteroatoms. The second-order valence-electron chi connectivity index (χ2n) is 13.8. The number of carbonyl (C=O) groups excluding carboxylic acids is 1. The molecule has 0 saturated carbocycles. The molecule has 1 amide bonds. The van der Waals surface area contributed by atoms with Crippen molar-refractivity contribution in [2.45, 2.75) is 13.1 Å². The number of piperazine rings is 2. The molecule has 0 bridgehead atoms. The number of carbonyl (C=O) groups is 1. The third-order valence-electron chi connectivity index (χ3n) is 9.99. The smallest absolute Gasteiger partial charge is 0.253 e. The Hall–Kier alpha value is -5.31. The standard InChI is InChI=1S/C24H22Cl2N6O.C17H18Cl2N6/c25-19-7-6-18(20(26)14-19)16-27-22-15-23(29-21-8-9-28-32(21)22)30-10-12-31(13-11-30)24(33)17-4-2-1-3-5-17;18-13-2-1-12(14(19)9-13)11-21-16-10-17(24-7-5-20-6-8-24)23-15-3-4-22-25(15)16/h1-9,14-15,27H,10-13,16H2;1-4,9-10,20-21H,5-8,11H2.